The summed E-state index contributed by atoms with van der Waals surface area (Å²) in [5.41, 5.74) is 0.237. The highest BCUT2D eigenvalue weighted by Gasteiger charge is 2.35. The molecule has 2 heterocycles. The van der Waals surface area contributed by atoms with Gasteiger partial charge in [0.25, 0.3) is 0 Å². The summed E-state index contributed by atoms with van der Waals surface area (Å²) in [6.07, 6.45) is 2.36. The number of likely N-dealkylation sites (tertiary alicyclic amines) is 1. The van der Waals surface area contributed by atoms with E-state index in [2.05, 4.69) is 31.5 Å². The number of benzene rings is 1. The number of nitrogens with one attached hydrogen (secondary N) is 2. The van der Waals surface area contributed by atoms with E-state index >= 15 is 0 Å². The molecule has 0 aromatic heterocycles. The van der Waals surface area contributed by atoms with Crippen molar-refractivity contribution in [3.8, 4) is 0 Å². The fourth-order valence-electron chi connectivity index (χ4n) is 3.32. The zero-order chi connectivity index (χ0) is 14.8. The van der Waals surface area contributed by atoms with Crippen molar-refractivity contribution in [2.75, 3.05) is 31.5 Å². The van der Waals surface area contributed by atoms with Crippen molar-refractivity contribution in [1.29, 1.82) is 0 Å². The molecular weight excluding hydrogens is 337 g/mol. The van der Waals surface area contributed by atoms with E-state index in [9.17, 15) is 9.18 Å². The van der Waals surface area contributed by atoms with Gasteiger partial charge in [0, 0.05) is 17.1 Å². The summed E-state index contributed by atoms with van der Waals surface area (Å²) in [5.74, 6) is 0.0801. The van der Waals surface area contributed by atoms with Crippen LogP contribution in [0.25, 0.3) is 0 Å². The minimum atomic E-state index is -0.420. The van der Waals surface area contributed by atoms with Crippen LogP contribution in [0.15, 0.2) is 22.7 Å². The lowest BCUT2D eigenvalue weighted by Gasteiger charge is -2.36. The Morgan fingerprint density at radius 3 is 3.14 bits per heavy atom. The first-order valence-corrected chi connectivity index (χ1v) is 8.12. The number of amides is 1. The highest BCUT2D eigenvalue weighted by atomic mass is 79.9. The molecule has 6 heteroatoms. The molecule has 21 heavy (non-hydrogen) atoms. The number of fused-ring (bicyclic) bond motifs is 1. The van der Waals surface area contributed by atoms with Crippen LogP contribution in [0.4, 0.5) is 10.1 Å². The number of rotatable bonds is 3. The highest BCUT2D eigenvalue weighted by molar-refractivity contribution is 9.10. The Bertz CT molecular complexity index is 540. The van der Waals surface area contributed by atoms with E-state index in [0.717, 1.165) is 26.1 Å². The molecular formula is C15H19BrFN3O. The van der Waals surface area contributed by atoms with E-state index in [1.807, 2.05) is 0 Å². The second-order valence-corrected chi connectivity index (χ2v) is 6.69. The SMILES string of the molecule is O=C(CN1CCCC2CNCC21)Nc1ccc(Br)cc1F. The Morgan fingerprint density at radius 1 is 1.48 bits per heavy atom. The molecule has 0 saturated carbocycles. The van der Waals surface area contributed by atoms with Gasteiger partial charge >= 0.3 is 0 Å². The molecule has 0 spiro atoms. The van der Waals surface area contributed by atoms with Crippen molar-refractivity contribution in [1.82, 2.24) is 10.2 Å². The van der Waals surface area contributed by atoms with Gasteiger partial charge in [0.1, 0.15) is 5.82 Å². The van der Waals surface area contributed by atoms with Crippen LogP contribution >= 0.6 is 15.9 Å². The molecule has 1 amide bonds. The summed E-state index contributed by atoms with van der Waals surface area (Å²) in [6.45, 7) is 3.27. The van der Waals surface area contributed by atoms with Crippen molar-refractivity contribution < 1.29 is 9.18 Å². The third-order valence-electron chi connectivity index (χ3n) is 4.35. The summed E-state index contributed by atoms with van der Waals surface area (Å²) < 4.78 is 14.4. The minimum Gasteiger partial charge on any atom is -0.322 e. The van der Waals surface area contributed by atoms with Crippen LogP contribution in [0.1, 0.15) is 12.8 Å². The van der Waals surface area contributed by atoms with E-state index in [-0.39, 0.29) is 11.6 Å². The number of hydrogen-bond acceptors (Lipinski definition) is 3. The van der Waals surface area contributed by atoms with E-state index < -0.39 is 5.82 Å². The summed E-state index contributed by atoms with van der Waals surface area (Å²) >= 11 is 3.20. The van der Waals surface area contributed by atoms with Crippen LogP contribution in [-0.2, 0) is 4.79 Å². The molecule has 1 aromatic rings. The second-order valence-electron chi connectivity index (χ2n) is 5.77. The molecule has 1 aromatic carbocycles. The zero-order valence-corrected chi connectivity index (χ0v) is 13.3. The number of anilines is 1. The Kier molecular flexibility index (Phi) is 4.57. The second kappa shape index (κ2) is 6.42. The van der Waals surface area contributed by atoms with Crippen molar-refractivity contribution in [3.05, 3.63) is 28.5 Å². The fraction of sp³-hybridized carbons (Fsp3) is 0.533. The monoisotopic (exact) mass is 355 g/mol. The number of halogens is 2. The first-order chi connectivity index (χ1) is 10.1. The van der Waals surface area contributed by atoms with E-state index in [1.54, 1.807) is 12.1 Å². The molecule has 2 saturated heterocycles. The molecule has 0 aliphatic carbocycles. The molecule has 2 atom stereocenters. The van der Waals surface area contributed by atoms with Crippen LogP contribution in [0, 0.1) is 11.7 Å². The summed E-state index contributed by atoms with van der Waals surface area (Å²) in [5, 5.41) is 6.06. The third kappa shape index (κ3) is 3.44. The Hall–Kier alpha value is -0.980. The van der Waals surface area contributed by atoms with Crippen molar-refractivity contribution in [3.63, 3.8) is 0 Å². The first kappa shape index (κ1) is 14.9. The van der Waals surface area contributed by atoms with Gasteiger partial charge in [-0.3, -0.25) is 9.69 Å². The topological polar surface area (TPSA) is 44.4 Å². The zero-order valence-electron chi connectivity index (χ0n) is 11.7. The molecule has 2 aliphatic heterocycles. The van der Waals surface area contributed by atoms with Crippen LogP contribution in [-0.4, -0.2) is 43.0 Å². The molecule has 2 fully saturated rings. The predicted molar refractivity (Wildman–Crippen MR) is 83.7 cm³/mol. The Labute approximate surface area is 132 Å². The van der Waals surface area contributed by atoms with Crippen LogP contribution < -0.4 is 10.6 Å². The van der Waals surface area contributed by atoms with Crippen LogP contribution in [0.5, 0.6) is 0 Å². The smallest absolute Gasteiger partial charge is 0.238 e. The van der Waals surface area contributed by atoms with Crippen molar-refractivity contribution >= 4 is 27.5 Å². The van der Waals surface area contributed by atoms with Crippen molar-refractivity contribution in [2.24, 2.45) is 5.92 Å². The lowest BCUT2D eigenvalue weighted by Crippen LogP contribution is -2.48. The molecule has 3 rings (SSSR count). The molecule has 2 aliphatic rings. The Morgan fingerprint density at radius 2 is 2.33 bits per heavy atom. The van der Waals surface area contributed by atoms with Gasteiger partial charge < -0.3 is 10.6 Å². The van der Waals surface area contributed by atoms with Gasteiger partial charge in [0.2, 0.25) is 5.91 Å². The maximum atomic E-state index is 13.7. The van der Waals surface area contributed by atoms with E-state index in [4.69, 9.17) is 0 Å². The summed E-state index contributed by atoms with van der Waals surface area (Å²) in [4.78, 5) is 14.4. The van der Waals surface area contributed by atoms with Gasteiger partial charge in [-0.25, -0.2) is 4.39 Å². The summed E-state index contributed by atoms with van der Waals surface area (Å²) in [6, 6.07) is 5.09. The van der Waals surface area contributed by atoms with E-state index in [1.165, 1.54) is 12.5 Å². The summed E-state index contributed by atoms with van der Waals surface area (Å²) in [7, 11) is 0. The maximum absolute atomic E-state index is 13.7. The lowest BCUT2D eigenvalue weighted by atomic mass is 9.92. The van der Waals surface area contributed by atoms with E-state index in [0.29, 0.717) is 23.0 Å². The number of piperidine rings is 1. The molecule has 0 bridgehead atoms. The van der Waals surface area contributed by atoms with Gasteiger partial charge in [-0.2, -0.15) is 0 Å². The molecule has 114 valence electrons. The van der Waals surface area contributed by atoms with Gasteiger partial charge in [-0.05, 0) is 50.0 Å². The minimum absolute atomic E-state index is 0.149. The van der Waals surface area contributed by atoms with Gasteiger partial charge in [0.05, 0.1) is 12.2 Å². The molecule has 2 unspecified atom stereocenters. The maximum Gasteiger partial charge on any atom is 0.238 e. The van der Waals surface area contributed by atoms with Gasteiger partial charge in [-0.15, -0.1) is 0 Å². The largest absolute Gasteiger partial charge is 0.322 e. The van der Waals surface area contributed by atoms with Crippen LogP contribution in [0.2, 0.25) is 0 Å². The third-order valence-corrected chi connectivity index (χ3v) is 4.84. The van der Waals surface area contributed by atoms with Crippen LogP contribution in [0.3, 0.4) is 0 Å². The number of carbonyl (C=O) groups is 1. The van der Waals surface area contributed by atoms with Gasteiger partial charge in [0.15, 0.2) is 0 Å². The number of carbonyl (C=O) groups excluding carboxylic acids is 1. The Balaban J connectivity index is 1.61. The highest BCUT2D eigenvalue weighted by Crippen LogP contribution is 2.26. The normalized spacial score (nSPS) is 25.6. The number of nitrogens with zero attached hydrogens (tertiary/aromatic N) is 1. The molecule has 2 N–H and O–H groups in total. The molecule has 4 nitrogen and oxygen atoms in total. The standard InChI is InChI=1S/C15H19BrFN3O/c16-11-3-4-13(12(17)6-11)19-15(21)9-20-5-1-2-10-7-18-8-14(10)20/h3-4,6,10,14,18H,1-2,5,7-9H2,(H,19,21). The molecule has 0 radical (unpaired) electrons. The average molecular weight is 356 g/mol. The average Bonchev–Trinajstić information content (AvgIpc) is 2.91. The van der Waals surface area contributed by atoms with Gasteiger partial charge in [-0.1, -0.05) is 15.9 Å². The number of hydrogen-bond donors (Lipinski definition) is 2. The predicted octanol–water partition coefficient (Wildman–Crippen LogP) is 2.21. The quantitative estimate of drug-likeness (QED) is 0.873. The first-order valence-electron chi connectivity index (χ1n) is 7.33. The lowest BCUT2D eigenvalue weighted by molar-refractivity contribution is -0.118. The fourth-order valence-corrected chi connectivity index (χ4v) is 3.66. The van der Waals surface area contributed by atoms with Crippen molar-refractivity contribution in [2.45, 2.75) is 18.9 Å².